The molecule has 1 aromatic heterocycles. The molecule has 0 bridgehead atoms. The minimum absolute atomic E-state index is 0.0321. The first-order valence-corrected chi connectivity index (χ1v) is 8.78. The Bertz CT molecular complexity index is 869. The molecule has 10 heteroatoms. The Hall–Kier alpha value is -3.01. The molecule has 1 aliphatic rings. The number of H-pyrrole nitrogens is 1. The highest BCUT2D eigenvalue weighted by molar-refractivity contribution is 6.05. The summed E-state index contributed by atoms with van der Waals surface area (Å²) in [4.78, 5) is 38.8. The van der Waals surface area contributed by atoms with Gasteiger partial charge in [0, 0.05) is 49.7 Å². The topological polar surface area (TPSA) is 124 Å². The van der Waals surface area contributed by atoms with Crippen LogP contribution in [-0.4, -0.2) is 75.5 Å². The molecule has 144 valence electrons. The first-order valence-electron chi connectivity index (χ1n) is 8.78. The average molecular weight is 374 g/mol. The van der Waals surface area contributed by atoms with E-state index in [1.807, 2.05) is 18.7 Å². The average Bonchev–Trinajstić information content (AvgIpc) is 3.04. The van der Waals surface area contributed by atoms with Crippen molar-refractivity contribution in [1.82, 2.24) is 25.3 Å². The standard InChI is InChI=1S/C17H22N6O4/c1-11(2)18-15(24)10-21-5-7-22(8-6-21)17(25)16-13-9-12(23(26)27)3-4-14(13)19-20-16/h3-4,9,11H,5-8,10H2,1-2H3,(H,18,24)(H,19,20). The number of carbonyl (C=O) groups is 2. The first kappa shape index (κ1) is 18.8. The second-order valence-corrected chi connectivity index (χ2v) is 6.85. The van der Waals surface area contributed by atoms with Crippen LogP contribution in [0.3, 0.4) is 0 Å². The van der Waals surface area contributed by atoms with Gasteiger partial charge in [-0.25, -0.2) is 0 Å². The molecular weight excluding hydrogens is 352 g/mol. The Morgan fingerprint density at radius 1 is 1.30 bits per heavy atom. The Kier molecular flexibility index (Phi) is 5.36. The zero-order valence-electron chi connectivity index (χ0n) is 15.3. The Balaban J connectivity index is 1.66. The predicted molar refractivity (Wildman–Crippen MR) is 98.4 cm³/mol. The molecular formula is C17H22N6O4. The van der Waals surface area contributed by atoms with E-state index in [-0.39, 0.29) is 29.2 Å². The molecule has 0 aliphatic carbocycles. The fraction of sp³-hybridized carbons (Fsp3) is 0.471. The SMILES string of the molecule is CC(C)NC(=O)CN1CCN(C(=O)c2n[nH]c3ccc([N+](=O)[O-])cc23)CC1. The van der Waals surface area contributed by atoms with Gasteiger partial charge >= 0.3 is 0 Å². The molecule has 2 amide bonds. The van der Waals surface area contributed by atoms with Crippen LogP contribution < -0.4 is 5.32 Å². The molecule has 2 aromatic rings. The third-order valence-corrected chi connectivity index (χ3v) is 4.44. The van der Waals surface area contributed by atoms with Crippen LogP contribution in [0, 0.1) is 10.1 Å². The highest BCUT2D eigenvalue weighted by Crippen LogP contribution is 2.23. The van der Waals surface area contributed by atoms with Crippen molar-refractivity contribution in [3.05, 3.63) is 34.0 Å². The molecule has 0 spiro atoms. The zero-order chi connectivity index (χ0) is 19.6. The van der Waals surface area contributed by atoms with Gasteiger partial charge in [-0.15, -0.1) is 0 Å². The summed E-state index contributed by atoms with van der Waals surface area (Å²) in [5.41, 5.74) is 0.673. The Morgan fingerprint density at radius 2 is 2.00 bits per heavy atom. The number of nitro benzene ring substituents is 1. The van der Waals surface area contributed by atoms with Gasteiger partial charge in [-0.1, -0.05) is 0 Å². The fourth-order valence-electron chi connectivity index (χ4n) is 3.11. The van der Waals surface area contributed by atoms with E-state index in [1.54, 1.807) is 11.0 Å². The fourth-order valence-corrected chi connectivity index (χ4v) is 3.11. The van der Waals surface area contributed by atoms with Crippen molar-refractivity contribution in [1.29, 1.82) is 0 Å². The number of benzene rings is 1. The summed E-state index contributed by atoms with van der Waals surface area (Å²) in [6.07, 6.45) is 0. The van der Waals surface area contributed by atoms with E-state index in [4.69, 9.17) is 0 Å². The lowest BCUT2D eigenvalue weighted by atomic mass is 10.1. The number of hydrogen-bond acceptors (Lipinski definition) is 6. The third-order valence-electron chi connectivity index (χ3n) is 4.44. The van der Waals surface area contributed by atoms with E-state index >= 15 is 0 Å². The van der Waals surface area contributed by atoms with Gasteiger partial charge in [-0.3, -0.25) is 29.7 Å². The van der Waals surface area contributed by atoms with E-state index < -0.39 is 4.92 Å². The Labute approximate surface area is 155 Å². The van der Waals surface area contributed by atoms with Crippen LogP contribution in [-0.2, 0) is 4.79 Å². The van der Waals surface area contributed by atoms with Gasteiger partial charge in [0.2, 0.25) is 5.91 Å². The maximum atomic E-state index is 12.8. The third kappa shape index (κ3) is 4.22. The van der Waals surface area contributed by atoms with Gasteiger partial charge in [0.25, 0.3) is 11.6 Å². The second kappa shape index (κ2) is 7.70. The number of amides is 2. The summed E-state index contributed by atoms with van der Waals surface area (Å²) >= 11 is 0. The highest BCUT2D eigenvalue weighted by atomic mass is 16.6. The van der Waals surface area contributed by atoms with E-state index in [1.165, 1.54) is 12.1 Å². The summed E-state index contributed by atoms with van der Waals surface area (Å²) in [5.74, 6) is -0.302. The van der Waals surface area contributed by atoms with Crippen LogP contribution in [0.4, 0.5) is 5.69 Å². The number of aromatic amines is 1. The quantitative estimate of drug-likeness (QED) is 0.588. The lowest BCUT2D eigenvalue weighted by Crippen LogP contribution is -2.51. The van der Waals surface area contributed by atoms with E-state index in [0.717, 1.165) is 0 Å². The zero-order valence-corrected chi connectivity index (χ0v) is 15.3. The number of nitro groups is 1. The van der Waals surface area contributed by atoms with Gasteiger partial charge < -0.3 is 10.2 Å². The van der Waals surface area contributed by atoms with E-state index in [0.29, 0.717) is 43.6 Å². The molecule has 1 fully saturated rings. The van der Waals surface area contributed by atoms with E-state index in [9.17, 15) is 19.7 Å². The number of carbonyl (C=O) groups excluding carboxylic acids is 2. The number of non-ortho nitro benzene ring substituents is 1. The van der Waals surface area contributed by atoms with Gasteiger partial charge in [-0.05, 0) is 19.9 Å². The predicted octanol–water partition coefficient (Wildman–Crippen LogP) is 0.754. The molecule has 0 radical (unpaired) electrons. The number of fused-ring (bicyclic) bond motifs is 1. The van der Waals surface area contributed by atoms with Crippen LogP contribution in [0.15, 0.2) is 18.2 Å². The van der Waals surface area contributed by atoms with Gasteiger partial charge in [0.1, 0.15) is 0 Å². The number of aromatic nitrogens is 2. The summed E-state index contributed by atoms with van der Waals surface area (Å²) in [6, 6.07) is 4.37. The summed E-state index contributed by atoms with van der Waals surface area (Å²) in [5, 5.41) is 21.1. The van der Waals surface area contributed by atoms with Crippen molar-refractivity contribution >= 4 is 28.4 Å². The highest BCUT2D eigenvalue weighted by Gasteiger charge is 2.26. The first-order chi connectivity index (χ1) is 12.8. The van der Waals surface area contributed by atoms with Crippen molar-refractivity contribution in [2.75, 3.05) is 32.7 Å². The van der Waals surface area contributed by atoms with Crippen molar-refractivity contribution in [2.24, 2.45) is 0 Å². The van der Waals surface area contributed by atoms with Crippen molar-refractivity contribution < 1.29 is 14.5 Å². The molecule has 0 unspecified atom stereocenters. The molecule has 0 saturated carbocycles. The minimum Gasteiger partial charge on any atom is -0.353 e. The van der Waals surface area contributed by atoms with Crippen molar-refractivity contribution in [2.45, 2.75) is 19.9 Å². The maximum Gasteiger partial charge on any atom is 0.275 e. The lowest BCUT2D eigenvalue weighted by molar-refractivity contribution is -0.384. The van der Waals surface area contributed by atoms with Crippen LogP contribution in [0.1, 0.15) is 24.3 Å². The molecule has 1 saturated heterocycles. The monoisotopic (exact) mass is 374 g/mol. The normalized spacial score (nSPS) is 15.3. The smallest absolute Gasteiger partial charge is 0.275 e. The molecule has 1 aromatic carbocycles. The van der Waals surface area contributed by atoms with Crippen LogP contribution in [0.25, 0.3) is 10.9 Å². The summed E-state index contributed by atoms with van der Waals surface area (Å²) in [6.45, 7) is 6.23. The van der Waals surface area contributed by atoms with Crippen LogP contribution >= 0.6 is 0 Å². The molecule has 27 heavy (non-hydrogen) atoms. The molecule has 10 nitrogen and oxygen atoms in total. The molecule has 3 rings (SSSR count). The molecule has 2 N–H and O–H groups in total. The largest absolute Gasteiger partial charge is 0.353 e. The number of nitrogens with one attached hydrogen (secondary N) is 2. The number of nitrogens with zero attached hydrogens (tertiary/aromatic N) is 4. The van der Waals surface area contributed by atoms with Gasteiger partial charge in [0.15, 0.2) is 5.69 Å². The number of rotatable bonds is 5. The molecule has 1 aliphatic heterocycles. The number of piperazine rings is 1. The number of hydrogen-bond donors (Lipinski definition) is 2. The Morgan fingerprint density at radius 3 is 2.63 bits per heavy atom. The van der Waals surface area contributed by atoms with E-state index in [2.05, 4.69) is 15.5 Å². The van der Waals surface area contributed by atoms with Crippen molar-refractivity contribution in [3.63, 3.8) is 0 Å². The van der Waals surface area contributed by atoms with Crippen molar-refractivity contribution in [3.8, 4) is 0 Å². The second-order valence-electron chi connectivity index (χ2n) is 6.85. The van der Waals surface area contributed by atoms with Crippen LogP contribution in [0.2, 0.25) is 0 Å². The van der Waals surface area contributed by atoms with Gasteiger partial charge in [-0.2, -0.15) is 5.10 Å². The molecule has 2 heterocycles. The van der Waals surface area contributed by atoms with Crippen LogP contribution in [0.5, 0.6) is 0 Å². The van der Waals surface area contributed by atoms with Gasteiger partial charge in [0.05, 0.1) is 17.0 Å². The summed E-state index contributed by atoms with van der Waals surface area (Å²) < 4.78 is 0. The lowest BCUT2D eigenvalue weighted by Gasteiger charge is -2.34. The summed E-state index contributed by atoms with van der Waals surface area (Å²) in [7, 11) is 0. The molecule has 0 atom stereocenters. The maximum absolute atomic E-state index is 12.8. The minimum atomic E-state index is -0.498.